The van der Waals surface area contributed by atoms with Crippen LogP contribution in [0.15, 0.2) is 42.5 Å². The Morgan fingerprint density at radius 2 is 1.91 bits per heavy atom. The van der Waals surface area contributed by atoms with Crippen LogP contribution in [-0.4, -0.2) is 25.5 Å². The van der Waals surface area contributed by atoms with Crippen molar-refractivity contribution in [1.29, 1.82) is 0 Å². The molecular formula is C16H14Cl2N2O3. The highest BCUT2D eigenvalue weighted by molar-refractivity contribution is 6.35. The topological polar surface area (TPSA) is 67.4 Å². The lowest BCUT2D eigenvalue weighted by Gasteiger charge is -2.09. The second-order valence-corrected chi connectivity index (χ2v) is 5.43. The van der Waals surface area contributed by atoms with Crippen molar-refractivity contribution in [2.45, 2.75) is 0 Å². The van der Waals surface area contributed by atoms with Crippen LogP contribution in [0.1, 0.15) is 10.4 Å². The molecule has 2 aromatic carbocycles. The van der Waals surface area contributed by atoms with E-state index in [2.05, 4.69) is 10.6 Å². The lowest BCUT2D eigenvalue weighted by molar-refractivity contribution is -0.115. The van der Waals surface area contributed by atoms with Crippen LogP contribution < -0.4 is 15.4 Å². The number of amides is 2. The van der Waals surface area contributed by atoms with E-state index in [0.717, 1.165) is 0 Å². The molecule has 0 bridgehead atoms. The van der Waals surface area contributed by atoms with Gasteiger partial charge >= 0.3 is 0 Å². The van der Waals surface area contributed by atoms with E-state index in [9.17, 15) is 9.59 Å². The van der Waals surface area contributed by atoms with Crippen LogP contribution in [0.4, 0.5) is 5.69 Å². The third kappa shape index (κ3) is 4.87. The van der Waals surface area contributed by atoms with Gasteiger partial charge in [0.25, 0.3) is 5.91 Å². The Labute approximate surface area is 143 Å². The molecule has 5 nitrogen and oxygen atoms in total. The number of carbonyl (C=O) groups excluding carboxylic acids is 2. The van der Waals surface area contributed by atoms with Crippen LogP contribution in [0.5, 0.6) is 5.75 Å². The molecule has 0 aliphatic heterocycles. The molecule has 0 unspecified atom stereocenters. The van der Waals surface area contributed by atoms with Crippen LogP contribution in [0.2, 0.25) is 10.0 Å². The molecule has 0 spiro atoms. The Morgan fingerprint density at radius 1 is 1.13 bits per heavy atom. The smallest absolute Gasteiger partial charge is 0.251 e. The second kappa shape index (κ2) is 7.85. The number of anilines is 1. The average molecular weight is 353 g/mol. The first-order valence-electron chi connectivity index (χ1n) is 6.67. The minimum atomic E-state index is -0.412. The number of ether oxygens (including phenoxy) is 1. The summed E-state index contributed by atoms with van der Waals surface area (Å²) in [6.45, 7) is -0.196. The molecule has 0 saturated carbocycles. The van der Waals surface area contributed by atoms with Gasteiger partial charge in [0, 0.05) is 10.6 Å². The molecule has 0 aromatic heterocycles. The molecule has 0 radical (unpaired) electrons. The van der Waals surface area contributed by atoms with Gasteiger partial charge in [0.2, 0.25) is 5.91 Å². The molecule has 0 aliphatic rings. The summed E-state index contributed by atoms with van der Waals surface area (Å²) in [4.78, 5) is 23.9. The number of hydrogen-bond donors (Lipinski definition) is 2. The number of halogens is 2. The number of rotatable bonds is 5. The monoisotopic (exact) mass is 352 g/mol. The first kappa shape index (κ1) is 17.1. The number of methoxy groups -OCH3 is 1. The maximum Gasteiger partial charge on any atom is 0.251 e. The highest BCUT2D eigenvalue weighted by atomic mass is 35.5. The highest BCUT2D eigenvalue weighted by Gasteiger charge is 2.10. The lowest BCUT2D eigenvalue weighted by Crippen LogP contribution is -2.32. The van der Waals surface area contributed by atoms with Gasteiger partial charge in [-0.2, -0.15) is 0 Å². The Kier molecular flexibility index (Phi) is 5.84. The van der Waals surface area contributed by atoms with Crippen LogP contribution in [0, 0.1) is 0 Å². The summed E-state index contributed by atoms with van der Waals surface area (Å²) in [5.74, 6) is -0.227. The van der Waals surface area contributed by atoms with E-state index in [4.69, 9.17) is 27.9 Å². The first-order valence-corrected chi connectivity index (χ1v) is 7.42. The molecule has 2 N–H and O–H groups in total. The van der Waals surface area contributed by atoms with Gasteiger partial charge in [0.15, 0.2) is 0 Å². The van der Waals surface area contributed by atoms with Crippen molar-refractivity contribution in [1.82, 2.24) is 5.32 Å². The zero-order chi connectivity index (χ0) is 16.8. The quantitative estimate of drug-likeness (QED) is 0.866. The fraction of sp³-hybridized carbons (Fsp3) is 0.125. The van der Waals surface area contributed by atoms with E-state index in [1.54, 1.807) is 36.4 Å². The zero-order valence-corrected chi connectivity index (χ0v) is 13.7. The van der Waals surface area contributed by atoms with Gasteiger partial charge in [0.05, 0.1) is 24.4 Å². The summed E-state index contributed by atoms with van der Waals surface area (Å²) < 4.78 is 5.05. The van der Waals surface area contributed by atoms with E-state index in [1.165, 1.54) is 13.2 Å². The van der Waals surface area contributed by atoms with Crippen molar-refractivity contribution in [3.05, 3.63) is 58.1 Å². The van der Waals surface area contributed by atoms with E-state index >= 15 is 0 Å². The molecule has 7 heteroatoms. The van der Waals surface area contributed by atoms with Crippen LogP contribution in [0.25, 0.3) is 0 Å². The minimum Gasteiger partial charge on any atom is -0.497 e. The number of hydrogen-bond acceptors (Lipinski definition) is 3. The van der Waals surface area contributed by atoms with E-state index in [0.29, 0.717) is 27.0 Å². The van der Waals surface area contributed by atoms with Crippen molar-refractivity contribution < 1.29 is 14.3 Å². The standard InChI is InChI=1S/C16H14Cl2N2O3/c1-23-12-4-2-3-10(7-12)16(22)19-9-15(21)20-14-8-11(17)5-6-13(14)18/h2-8H,9H2,1H3,(H,19,22)(H,20,21). The van der Waals surface area contributed by atoms with Gasteiger partial charge in [-0.25, -0.2) is 0 Å². The van der Waals surface area contributed by atoms with Gasteiger partial charge in [-0.15, -0.1) is 0 Å². The average Bonchev–Trinajstić information content (AvgIpc) is 2.56. The van der Waals surface area contributed by atoms with Crippen molar-refractivity contribution in [2.75, 3.05) is 19.0 Å². The van der Waals surface area contributed by atoms with Crippen molar-refractivity contribution >= 4 is 40.7 Å². The second-order valence-electron chi connectivity index (χ2n) is 4.59. The molecule has 0 heterocycles. The maximum atomic E-state index is 12.0. The molecular weight excluding hydrogens is 339 g/mol. The number of benzene rings is 2. The number of carbonyl (C=O) groups is 2. The Hall–Kier alpha value is -2.24. The molecule has 0 saturated heterocycles. The zero-order valence-electron chi connectivity index (χ0n) is 12.2. The molecule has 23 heavy (non-hydrogen) atoms. The summed E-state index contributed by atoms with van der Waals surface area (Å²) in [7, 11) is 1.51. The Morgan fingerprint density at radius 3 is 2.65 bits per heavy atom. The van der Waals surface area contributed by atoms with Gasteiger partial charge in [-0.1, -0.05) is 29.3 Å². The van der Waals surface area contributed by atoms with Crippen molar-refractivity contribution in [3.63, 3.8) is 0 Å². The molecule has 2 amide bonds. The summed E-state index contributed by atoms with van der Waals surface area (Å²) in [6, 6.07) is 11.4. The van der Waals surface area contributed by atoms with E-state index in [-0.39, 0.29) is 12.5 Å². The van der Waals surface area contributed by atoms with Crippen LogP contribution in [0.3, 0.4) is 0 Å². The normalized spacial score (nSPS) is 10.0. The largest absolute Gasteiger partial charge is 0.497 e. The first-order chi connectivity index (χ1) is 11.0. The molecule has 2 aromatic rings. The van der Waals surface area contributed by atoms with Gasteiger partial charge in [0.1, 0.15) is 5.75 Å². The number of nitrogens with one attached hydrogen (secondary N) is 2. The van der Waals surface area contributed by atoms with Gasteiger partial charge in [-0.3, -0.25) is 9.59 Å². The maximum absolute atomic E-state index is 12.0. The molecule has 0 fully saturated rings. The third-order valence-corrected chi connectivity index (χ3v) is 3.51. The predicted molar refractivity (Wildman–Crippen MR) is 90.4 cm³/mol. The fourth-order valence-electron chi connectivity index (χ4n) is 1.81. The van der Waals surface area contributed by atoms with Gasteiger partial charge in [-0.05, 0) is 36.4 Å². The molecule has 2 rings (SSSR count). The minimum absolute atomic E-state index is 0.196. The molecule has 0 aliphatic carbocycles. The van der Waals surface area contributed by atoms with E-state index < -0.39 is 5.91 Å². The van der Waals surface area contributed by atoms with Crippen LogP contribution in [-0.2, 0) is 4.79 Å². The van der Waals surface area contributed by atoms with Crippen molar-refractivity contribution in [3.8, 4) is 5.75 Å². The van der Waals surface area contributed by atoms with Crippen LogP contribution >= 0.6 is 23.2 Å². The van der Waals surface area contributed by atoms with E-state index in [1.807, 2.05) is 0 Å². The molecule has 120 valence electrons. The highest BCUT2D eigenvalue weighted by Crippen LogP contribution is 2.25. The summed E-state index contributed by atoms with van der Waals surface area (Å²) in [5, 5.41) is 5.92. The SMILES string of the molecule is COc1cccc(C(=O)NCC(=O)Nc2cc(Cl)ccc2Cl)c1. The van der Waals surface area contributed by atoms with Crippen molar-refractivity contribution in [2.24, 2.45) is 0 Å². The third-order valence-electron chi connectivity index (χ3n) is 2.94. The summed E-state index contributed by atoms with van der Waals surface area (Å²) in [6.07, 6.45) is 0. The predicted octanol–water partition coefficient (Wildman–Crippen LogP) is 3.37. The van der Waals surface area contributed by atoms with Gasteiger partial charge < -0.3 is 15.4 Å². The lowest BCUT2D eigenvalue weighted by atomic mass is 10.2. The Bertz CT molecular complexity index is 735. The summed E-state index contributed by atoms with van der Waals surface area (Å²) >= 11 is 11.8. The Balaban J connectivity index is 1.93. The molecule has 0 atom stereocenters. The summed E-state index contributed by atoms with van der Waals surface area (Å²) in [5.41, 5.74) is 0.790. The fourth-order valence-corrected chi connectivity index (χ4v) is 2.15.